The Morgan fingerprint density at radius 2 is 2.00 bits per heavy atom. The van der Waals surface area contributed by atoms with Crippen molar-refractivity contribution < 1.29 is 13.6 Å². The van der Waals surface area contributed by atoms with E-state index in [1.807, 2.05) is 0 Å². The summed E-state index contributed by atoms with van der Waals surface area (Å²) in [5, 5.41) is -1.32. The van der Waals surface area contributed by atoms with Crippen LogP contribution in [0, 0.1) is 17.8 Å². The third kappa shape index (κ3) is 2.38. The molecule has 0 unspecified atom stereocenters. The van der Waals surface area contributed by atoms with E-state index in [1.165, 1.54) is 18.6 Å². The number of hydrogen-bond donors (Lipinski definition) is 1. The zero-order chi connectivity index (χ0) is 16.0. The minimum Gasteiger partial charge on any atom is -0.267 e. The van der Waals surface area contributed by atoms with Crippen molar-refractivity contribution in [1.82, 2.24) is 10.4 Å². The van der Waals surface area contributed by atoms with Gasteiger partial charge in [0.1, 0.15) is 0 Å². The molecule has 4 nitrogen and oxygen atoms in total. The van der Waals surface area contributed by atoms with Gasteiger partial charge in [-0.3, -0.25) is 9.78 Å². The Labute approximate surface area is 135 Å². The van der Waals surface area contributed by atoms with Crippen LogP contribution in [-0.2, 0) is 0 Å². The summed E-state index contributed by atoms with van der Waals surface area (Å²) in [5.41, 5.74) is 2.75. The number of halogens is 4. The number of nitrogens with one attached hydrogen (secondary N) is 1. The molecule has 0 radical (unpaired) electrons. The second kappa shape index (κ2) is 5.42. The molecule has 118 valence electrons. The maximum atomic E-state index is 14.3. The highest BCUT2D eigenvalue weighted by Gasteiger charge is 2.71. The van der Waals surface area contributed by atoms with E-state index in [0.29, 0.717) is 12.0 Å². The third-order valence-electron chi connectivity index (χ3n) is 4.41. The molecule has 8 heteroatoms. The van der Waals surface area contributed by atoms with E-state index in [1.54, 1.807) is 12.1 Å². The van der Waals surface area contributed by atoms with E-state index in [2.05, 4.69) is 15.5 Å². The van der Waals surface area contributed by atoms with Gasteiger partial charge in [-0.15, -0.1) is 0 Å². The number of pyridine rings is 1. The van der Waals surface area contributed by atoms with Gasteiger partial charge in [0.05, 0.1) is 0 Å². The zero-order valence-corrected chi connectivity index (χ0v) is 12.9. The lowest BCUT2D eigenvalue weighted by atomic mass is 9.86. The van der Waals surface area contributed by atoms with Gasteiger partial charge in [-0.1, -0.05) is 23.2 Å². The van der Waals surface area contributed by atoms with E-state index in [-0.39, 0.29) is 12.3 Å². The van der Waals surface area contributed by atoms with Gasteiger partial charge in [0, 0.05) is 41.9 Å². The summed E-state index contributed by atoms with van der Waals surface area (Å²) in [5.74, 6) is -2.15. The van der Waals surface area contributed by atoms with Crippen LogP contribution in [0.5, 0.6) is 0 Å². The van der Waals surface area contributed by atoms with E-state index in [4.69, 9.17) is 23.2 Å². The largest absolute Gasteiger partial charge is 0.271 e. The fraction of sp³-hybridized carbons (Fsp3) is 0.500. The van der Waals surface area contributed by atoms with Crippen LogP contribution >= 0.6 is 23.2 Å². The highest BCUT2D eigenvalue weighted by Crippen LogP contribution is 2.65. The zero-order valence-electron chi connectivity index (χ0n) is 11.3. The van der Waals surface area contributed by atoms with Crippen LogP contribution in [0.3, 0.4) is 0 Å². The fourth-order valence-corrected chi connectivity index (χ4v) is 3.95. The summed E-state index contributed by atoms with van der Waals surface area (Å²) in [4.78, 5) is 15.6. The van der Waals surface area contributed by atoms with Crippen LogP contribution in [-0.4, -0.2) is 27.4 Å². The summed E-state index contributed by atoms with van der Waals surface area (Å²) in [6.45, 7) is 0. The monoisotopic (exact) mass is 347 g/mol. The lowest BCUT2D eigenvalue weighted by Crippen LogP contribution is -2.47. The van der Waals surface area contributed by atoms with Crippen LogP contribution in [0.4, 0.5) is 8.78 Å². The molecule has 1 heterocycles. The van der Waals surface area contributed by atoms with E-state index >= 15 is 0 Å². The van der Waals surface area contributed by atoms with Crippen molar-refractivity contribution >= 4 is 35.3 Å². The molecule has 1 aromatic heterocycles. The topological polar surface area (TPSA) is 54.4 Å². The molecule has 2 bridgehead atoms. The Balaban J connectivity index is 1.63. The van der Waals surface area contributed by atoms with Crippen molar-refractivity contribution in [2.75, 3.05) is 0 Å². The predicted molar refractivity (Wildman–Crippen MR) is 79.3 cm³/mol. The van der Waals surface area contributed by atoms with Gasteiger partial charge in [0.15, 0.2) is 0 Å². The van der Waals surface area contributed by atoms with Gasteiger partial charge >= 0.3 is 0 Å². The van der Waals surface area contributed by atoms with Gasteiger partial charge in [0.2, 0.25) is 10.3 Å². The minimum atomic E-state index is -2.61. The molecular weight excluding hydrogens is 335 g/mol. The second-order valence-electron chi connectivity index (χ2n) is 5.64. The highest BCUT2D eigenvalue weighted by atomic mass is 35.5. The molecule has 1 aromatic rings. The number of amides is 1. The van der Waals surface area contributed by atoms with Crippen molar-refractivity contribution in [2.24, 2.45) is 22.9 Å². The molecule has 22 heavy (non-hydrogen) atoms. The quantitative estimate of drug-likeness (QED) is 0.518. The molecule has 0 saturated heterocycles. The molecule has 1 N–H and O–H groups in total. The van der Waals surface area contributed by atoms with Crippen LogP contribution in [0.15, 0.2) is 29.6 Å². The van der Waals surface area contributed by atoms with Gasteiger partial charge in [-0.25, -0.2) is 14.2 Å². The summed E-state index contributed by atoms with van der Waals surface area (Å²) in [7, 11) is 0. The van der Waals surface area contributed by atoms with Crippen molar-refractivity contribution in [3.63, 3.8) is 0 Å². The summed E-state index contributed by atoms with van der Waals surface area (Å²) >= 11 is 11.3. The summed E-state index contributed by atoms with van der Waals surface area (Å²) < 4.78 is 28.4. The Bertz CT molecular complexity index is 609. The lowest BCUT2D eigenvalue weighted by molar-refractivity contribution is 0.0289. The van der Waals surface area contributed by atoms with E-state index < -0.39 is 28.0 Å². The van der Waals surface area contributed by atoms with Gasteiger partial charge in [-0.2, -0.15) is 5.10 Å². The second-order valence-corrected chi connectivity index (χ2v) is 6.74. The number of nitrogens with zero attached hydrogens (tertiary/aromatic N) is 2. The highest BCUT2D eigenvalue weighted by molar-refractivity contribution is 6.34. The van der Waals surface area contributed by atoms with Crippen molar-refractivity contribution in [3.05, 3.63) is 30.1 Å². The van der Waals surface area contributed by atoms with E-state index in [9.17, 15) is 13.6 Å². The molecule has 1 amide bonds. The number of carbonyl (C=O) groups excluding carboxylic acids is 1. The number of carbonyl (C=O) groups is 1. The Hall–Kier alpha value is -1.27. The third-order valence-corrected chi connectivity index (χ3v) is 5.65. The first-order valence-electron chi connectivity index (χ1n) is 6.83. The maximum Gasteiger partial charge on any atom is 0.271 e. The number of hydrogen-bond acceptors (Lipinski definition) is 3. The maximum absolute atomic E-state index is 14.3. The lowest BCUT2D eigenvalue weighted by Gasteiger charge is -2.36. The molecular formula is C14H13Cl2F2N3O. The van der Waals surface area contributed by atoms with Gasteiger partial charge in [0.25, 0.3) is 5.91 Å². The SMILES string of the molecule is O=C(N/N=C\[C@H]1C[C@H]2C[C@@H]1[C@@](F)(Cl)[C@@]2(F)Cl)c1ccncc1. The summed E-state index contributed by atoms with van der Waals surface area (Å²) in [6, 6.07) is 3.08. The molecule has 0 spiro atoms. The average Bonchev–Trinajstić information content (AvgIpc) is 2.99. The predicted octanol–water partition coefficient (Wildman–Crippen LogP) is 3.26. The van der Waals surface area contributed by atoms with Gasteiger partial charge in [-0.05, 0) is 25.0 Å². The van der Waals surface area contributed by atoms with E-state index in [0.717, 1.165) is 0 Å². The first kappa shape index (κ1) is 15.6. The van der Waals surface area contributed by atoms with Crippen LogP contribution in [0.2, 0.25) is 0 Å². The first-order chi connectivity index (χ1) is 10.3. The molecule has 0 aliphatic heterocycles. The van der Waals surface area contributed by atoms with Crippen LogP contribution in [0.1, 0.15) is 23.2 Å². The molecule has 5 atom stereocenters. The molecule has 2 aliphatic carbocycles. The average molecular weight is 348 g/mol. The van der Waals surface area contributed by atoms with Crippen molar-refractivity contribution in [2.45, 2.75) is 23.1 Å². The van der Waals surface area contributed by atoms with Crippen molar-refractivity contribution in [3.8, 4) is 0 Å². The fourth-order valence-electron chi connectivity index (χ4n) is 3.23. The number of hydrazone groups is 1. The first-order valence-corrected chi connectivity index (χ1v) is 7.59. The standard InChI is InChI=1S/C14H13Cl2F2N3O/c15-13(17)10-5-9(11(6-10)14(13,16)18)7-20-21-12(22)8-1-3-19-4-2-8/h1-4,7,9-11H,5-6H2,(H,21,22)/b20-7-/t9-,10+,11+,13-,14+/m1/s1. The van der Waals surface area contributed by atoms with Gasteiger partial charge < -0.3 is 0 Å². The summed E-state index contributed by atoms with van der Waals surface area (Å²) in [6.07, 6.45) is 5.01. The number of fused-ring (bicyclic) bond motifs is 2. The number of rotatable bonds is 3. The number of aromatic nitrogens is 1. The normalized spacial score (nSPS) is 40.3. The Kier molecular flexibility index (Phi) is 3.85. The van der Waals surface area contributed by atoms with Crippen LogP contribution < -0.4 is 5.43 Å². The molecule has 3 rings (SSSR count). The smallest absolute Gasteiger partial charge is 0.267 e. The molecule has 0 aromatic carbocycles. The molecule has 2 aliphatic rings. The molecule has 2 saturated carbocycles. The minimum absolute atomic E-state index is 0.273. The number of alkyl halides is 4. The van der Waals surface area contributed by atoms with Crippen LogP contribution in [0.25, 0.3) is 0 Å². The Morgan fingerprint density at radius 3 is 2.59 bits per heavy atom. The van der Waals surface area contributed by atoms with Crippen molar-refractivity contribution in [1.29, 1.82) is 0 Å². The molecule has 2 fully saturated rings. The Morgan fingerprint density at radius 1 is 1.32 bits per heavy atom.